The molecule has 1 aromatic carbocycles. The Kier molecular flexibility index (Phi) is 11.1. The van der Waals surface area contributed by atoms with E-state index in [1.165, 1.54) is 0 Å². The van der Waals surface area contributed by atoms with Crippen LogP contribution >= 0.6 is 0 Å². The number of carbonyl (C=O) groups is 5. The molecule has 1 saturated carbocycles. The Balaban J connectivity index is 1.24. The molecule has 2 atom stereocenters. The first-order valence-corrected chi connectivity index (χ1v) is 17.8. The lowest BCUT2D eigenvalue weighted by Crippen LogP contribution is -2.54. The van der Waals surface area contributed by atoms with Crippen molar-refractivity contribution in [3.8, 4) is 0 Å². The van der Waals surface area contributed by atoms with Crippen molar-refractivity contribution in [2.45, 2.75) is 116 Å². The monoisotopic (exact) mass is 682 g/mol. The van der Waals surface area contributed by atoms with Crippen LogP contribution in [0.5, 0.6) is 0 Å². The average molecular weight is 683 g/mol. The molecule has 1 aliphatic carbocycles. The van der Waals surface area contributed by atoms with Crippen LogP contribution in [0.15, 0.2) is 18.2 Å². The summed E-state index contributed by atoms with van der Waals surface area (Å²) in [6.07, 6.45) is 3.61. The molecule has 0 radical (unpaired) electrons. The van der Waals surface area contributed by atoms with E-state index in [0.29, 0.717) is 31.6 Å². The highest BCUT2D eigenvalue weighted by atomic mass is 16.6. The third kappa shape index (κ3) is 9.23. The van der Waals surface area contributed by atoms with Gasteiger partial charge in [0.1, 0.15) is 17.2 Å². The van der Waals surface area contributed by atoms with Crippen molar-refractivity contribution >= 4 is 35.6 Å². The number of piperidine rings is 1. The molecule has 3 heterocycles. The van der Waals surface area contributed by atoms with Crippen LogP contribution in [0, 0.1) is 5.92 Å². The first-order valence-electron chi connectivity index (χ1n) is 17.8. The molecule has 3 N–H and O–H groups in total. The summed E-state index contributed by atoms with van der Waals surface area (Å²) in [5.41, 5.74) is 1.28. The fourth-order valence-electron chi connectivity index (χ4n) is 7.43. The summed E-state index contributed by atoms with van der Waals surface area (Å²) in [4.78, 5) is 70.0. The molecular formula is C36H54N6O7. The minimum atomic E-state index is -0.729. The maximum Gasteiger partial charge on any atom is 0.410 e. The number of nitrogens with zero attached hydrogens (tertiary/aromatic N) is 3. The van der Waals surface area contributed by atoms with E-state index in [1.807, 2.05) is 59.7 Å². The van der Waals surface area contributed by atoms with Gasteiger partial charge in [-0.1, -0.05) is 6.07 Å². The largest absolute Gasteiger partial charge is 0.444 e. The number of imide groups is 1. The topological polar surface area (TPSA) is 150 Å². The van der Waals surface area contributed by atoms with E-state index in [0.717, 1.165) is 63.0 Å². The number of carbonyl (C=O) groups excluding carboxylic acids is 5. The number of amides is 5. The number of rotatable bonds is 8. The molecule has 49 heavy (non-hydrogen) atoms. The van der Waals surface area contributed by atoms with Crippen molar-refractivity contribution in [2.24, 2.45) is 5.92 Å². The van der Waals surface area contributed by atoms with Gasteiger partial charge in [0.25, 0.3) is 5.91 Å². The average Bonchev–Trinajstić information content (AvgIpc) is 3.30. The second kappa shape index (κ2) is 14.9. The number of anilines is 1. The van der Waals surface area contributed by atoms with Crippen LogP contribution in [0.2, 0.25) is 0 Å². The fraction of sp³-hybridized carbons (Fsp3) is 0.694. The second-order valence-corrected chi connectivity index (χ2v) is 15.7. The molecule has 4 aliphatic rings. The van der Waals surface area contributed by atoms with Gasteiger partial charge in [-0.05, 0) is 105 Å². The standard InChI is InChI=1S/C36H54N6O7/c1-35(2,3)48-33(46)38-24-13-11-23(12-14-24)30-29-25(32(45)42(30)27-15-16-28(43)39-31(27)44)9-7-10-26(29)37-17-8-18-40-19-21-41(22-20-40)34(47)49-36(4,5)6/h7,9-10,23-24,27,30,37H,8,11-22H2,1-6H3,(H,38,46)(H,39,43,44)/t23?,24?,27-,30-/m1/s1. The molecule has 3 fully saturated rings. The van der Waals surface area contributed by atoms with E-state index in [1.54, 1.807) is 9.80 Å². The summed E-state index contributed by atoms with van der Waals surface area (Å²) in [6, 6.07) is 4.61. The summed E-state index contributed by atoms with van der Waals surface area (Å²) in [5.74, 6) is -0.861. The molecule has 1 aromatic rings. The van der Waals surface area contributed by atoms with E-state index >= 15 is 0 Å². The van der Waals surface area contributed by atoms with Crippen LogP contribution in [0.3, 0.4) is 0 Å². The highest BCUT2D eigenvalue weighted by Gasteiger charge is 2.49. The SMILES string of the molecule is CC(C)(C)OC(=O)NC1CCC([C@@H]2c3c(NCCCN4CCN(C(=O)OC(C)(C)C)CC4)cccc3C(=O)N2[C@@H]2CCC(=O)NC2=O)CC1. The number of nitrogens with one attached hydrogen (secondary N) is 3. The minimum Gasteiger partial charge on any atom is -0.444 e. The molecule has 0 aromatic heterocycles. The smallest absolute Gasteiger partial charge is 0.410 e. The van der Waals surface area contributed by atoms with Crippen LogP contribution in [0.25, 0.3) is 0 Å². The van der Waals surface area contributed by atoms with E-state index in [2.05, 4.69) is 20.9 Å². The summed E-state index contributed by atoms with van der Waals surface area (Å²) in [6.45, 7) is 15.5. The first kappa shape index (κ1) is 36.4. The van der Waals surface area contributed by atoms with Crippen LogP contribution in [-0.2, 0) is 19.1 Å². The molecule has 270 valence electrons. The Labute approximate surface area is 289 Å². The van der Waals surface area contributed by atoms with Gasteiger partial charge in [-0.25, -0.2) is 9.59 Å². The Morgan fingerprint density at radius 2 is 1.57 bits per heavy atom. The van der Waals surface area contributed by atoms with Crippen LogP contribution in [0.1, 0.15) is 108 Å². The molecular weight excluding hydrogens is 628 g/mol. The van der Waals surface area contributed by atoms with E-state index < -0.39 is 29.2 Å². The lowest BCUT2D eigenvalue weighted by atomic mass is 9.78. The van der Waals surface area contributed by atoms with Crippen molar-refractivity contribution in [1.82, 2.24) is 25.3 Å². The van der Waals surface area contributed by atoms with Gasteiger partial charge in [0, 0.05) is 62.0 Å². The Morgan fingerprint density at radius 3 is 2.20 bits per heavy atom. The van der Waals surface area contributed by atoms with Gasteiger partial charge in [-0.3, -0.25) is 24.6 Å². The summed E-state index contributed by atoms with van der Waals surface area (Å²) in [7, 11) is 0. The minimum absolute atomic E-state index is 0.0360. The Morgan fingerprint density at radius 1 is 0.898 bits per heavy atom. The number of piperazine rings is 1. The van der Waals surface area contributed by atoms with Crippen molar-refractivity contribution in [3.05, 3.63) is 29.3 Å². The second-order valence-electron chi connectivity index (χ2n) is 15.7. The highest BCUT2D eigenvalue weighted by Crippen LogP contribution is 2.48. The quantitative estimate of drug-likeness (QED) is 0.268. The van der Waals surface area contributed by atoms with Crippen LogP contribution in [0.4, 0.5) is 15.3 Å². The predicted molar refractivity (Wildman–Crippen MR) is 184 cm³/mol. The molecule has 3 aliphatic heterocycles. The van der Waals surface area contributed by atoms with Crippen LogP contribution in [-0.4, -0.2) is 107 Å². The maximum atomic E-state index is 14.1. The lowest BCUT2D eigenvalue weighted by molar-refractivity contribution is -0.137. The number of fused-ring (bicyclic) bond motifs is 1. The van der Waals surface area contributed by atoms with Gasteiger partial charge in [0.05, 0.1) is 6.04 Å². The molecule has 0 spiro atoms. The number of hydrogen-bond donors (Lipinski definition) is 3. The normalized spacial score (nSPS) is 25.1. The zero-order valence-electron chi connectivity index (χ0n) is 29.9. The third-order valence-corrected chi connectivity index (χ3v) is 9.64. The molecule has 5 rings (SSSR count). The Hall–Kier alpha value is -3.87. The van der Waals surface area contributed by atoms with Crippen molar-refractivity contribution in [1.29, 1.82) is 0 Å². The zero-order chi connectivity index (χ0) is 35.5. The summed E-state index contributed by atoms with van der Waals surface area (Å²) < 4.78 is 11.0. The van der Waals surface area contributed by atoms with Crippen molar-refractivity contribution in [3.63, 3.8) is 0 Å². The zero-order valence-corrected chi connectivity index (χ0v) is 29.9. The van der Waals surface area contributed by atoms with Gasteiger partial charge < -0.3 is 29.9 Å². The van der Waals surface area contributed by atoms with E-state index in [4.69, 9.17) is 9.47 Å². The fourth-order valence-corrected chi connectivity index (χ4v) is 7.43. The van der Waals surface area contributed by atoms with E-state index in [9.17, 15) is 24.0 Å². The molecule has 5 amide bonds. The molecule has 13 nitrogen and oxygen atoms in total. The summed E-state index contributed by atoms with van der Waals surface area (Å²) >= 11 is 0. The van der Waals surface area contributed by atoms with Crippen LogP contribution < -0.4 is 16.0 Å². The third-order valence-electron chi connectivity index (χ3n) is 9.64. The van der Waals surface area contributed by atoms with Gasteiger partial charge in [0.2, 0.25) is 11.8 Å². The number of benzene rings is 1. The van der Waals surface area contributed by atoms with Gasteiger partial charge in [-0.15, -0.1) is 0 Å². The number of alkyl carbamates (subject to hydrolysis) is 1. The van der Waals surface area contributed by atoms with Crippen molar-refractivity contribution in [2.75, 3.05) is 44.6 Å². The molecule has 2 saturated heterocycles. The predicted octanol–water partition coefficient (Wildman–Crippen LogP) is 4.43. The molecule has 0 bridgehead atoms. The number of hydrogen-bond acceptors (Lipinski definition) is 9. The van der Waals surface area contributed by atoms with Crippen molar-refractivity contribution < 1.29 is 33.4 Å². The lowest BCUT2D eigenvalue weighted by Gasteiger charge is -2.41. The van der Waals surface area contributed by atoms with Gasteiger partial charge in [-0.2, -0.15) is 0 Å². The van der Waals surface area contributed by atoms with Gasteiger partial charge >= 0.3 is 12.2 Å². The molecule has 13 heteroatoms. The molecule has 0 unspecified atom stereocenters. The Bertz CT molecular complexity index is 1400. The summed E-state index contributed by atoms with van der Waals surface area (Å²) in [5, 5.41) is 9.06. The van der Waals surface area contributed by atoms with E-state index in [-0.39, 0.29) is 42.3 Å². The number of ether oxygens (including phenoxy) is 2. The highest BCUT2D eigenvalue weighted by molar-refractivity contribution is 6.06. The maximum absolute atomic E-state index is 14.1. The van der Waals surface area contributed by atoms with Gasteiger partial charge in [0.15, 0.2) is 0 Å². The first-order chi connectivity index (χ1) is 23.1.